The number of anilines is 1. The van der Waals surface area contributed by atoms with E-state index in [0.717, 1.165) is 11.0 Å². The second kappa shape index (κ2) is 5.91. The van der Waals surface area contributed by atoms with Gasteiger partial charge in [-0.2, -0.15) is 5.10 Å². The standard InChI is InChI=1S/C15H15N5O3/c1-19-12-5-3-2-4-11(12)17-15(19)18-13(21)6-7-20-9-10(8-16-20)14(22)23/h2-5,8-9H,6-7H2,1H3,(H,22,23)(H,17,18,21). The van der Waals surface area contributed by atoms with Gasteiger partial charge in [-0.1, -0.05) is 12.1 Å². The molecule has 0 aliphatic carbocycles. The van der Waals surface area contributed by atoms with Gasteiger partial charge in [-0.25, -0.2) is 9.78 Å². The Morgan fingerprint density at radius 2 is 2.09 bits per heavy atom. The highest BCUT2D eigenvalue weighted by molar-refractivity contribution is 5.91. The van der Waals surface area contributed by atoms with E-state index < -0.39 is 5.97 Å². The third kappa shape index (κ3) is 3.05. The summed E-state index contributed by atoms with van der Waals surface area (Å²) in [7, 11) is 1.83. The molecular formula is C15H15N5O3. The van der Waals surface area contributed by atoms with Gasteiger partial charge in [0.1, 0.15) is 0 Å². The van der Waals surface area contributed by atoms with Gasteiger partial charge in [-0.05, 0) is 12.1 Å². The highest BCUT2D eigenvalue weighted by Crippen LogP contribution is 2.17. The highest BCUT2D eigenvalue weighted by atomic mass is 16.4. The lowest BCUT2D eigenvalue weighted by Crippen LogP contribution is -2.17. The molecule has 8 nitrogen and oxygen atoms in total. The van der Waals surface area contributed by atoms with Gasteiger partial charge in [0.2, 0.25) is 11.9 Å². The Hall–Kier alpha value is -3.16. The van der Waals surface area contributed by atoms with Crippen molar-refractivity contribution < 1.29 is 14.7 Å². The molecule has 0 radical (unpaired) electrons. The van der Waals surface area contributed by atoms with Gasteiger partial charge in [0.25, 0.3) is 0 Å². The SMILES string of the molecule is Cn1c(NC(=O)CCn2cc(C(=O)O)cn2)nc2ccccc21. The van der Waals surface area contributed by atoms with Crippen LogP contribution in [0.1, 0.15) is 16.8 Å². The van der Waals surface area contributed by atoms with Crippen LogP contribution in [0.25, 0.3) is 11.0 Å². The van der Waals surface area contributed by atoms with Crippen LogP contribution >= 0.6 is 0 Å². The topological polar surface area (TPSA) is 102 Å². The fourth-order valence-electron chi connectivity index (χ4n) is 2.26. The lowest BCUT2D eigenvalue weighted by Gasteiger charge is -2.05. The molecule has 2 aromatic heterocycles. The maximum Gasteiger partial charge on any atom is 0.338 e. The van der Waals surface area contributed by atoms with Crippen molar-refractivity contribution in [2.45, 2.75) is 13.0 Å². The summed E-state index contributed by atoms with van der Waals surface area (Å²) in [6.45, 7) is 0.295. The third-order valence-corrected chi connectivity index (χ3v) is 3.49. The number of rotatable bonds is 5. The van der Waals surface area contributed by atoms with Gasteiger partial charge < -0.3 is 9.67 Å². The van der Waals surface area contributed by atoms with Crippen molar-refractivity contribution in [3.8, 4) is 0 Å². The Morgan fingerprint density at radius 1 is 1.30 bits per heavy atom. The van der Waals surface area contributed by atoms with E-state index in [0.29, 0.717) is 12.5 Å². The molecule has 0 unspecified atom stereocenters. The molecule has 23 heavy (non-hydrogen) atoms. The van der Waals surface area contributed by atoms with Crippen LogP contribution in [0, 0.1) is 0 Å². The second-order valence-electron chi connectivity index (χ2n) is 5.08. The monoisotopic (exact) mass is 313 g/mol. The van der Waals surface area contributed by atoms with E-state index in [1.54, 1.807) is 0 Å². The summed E-state index contributed by atoms with van der Waals surface area (Å²) < 4.78 is 3.24. The summed E-state index contributed by atoms with van der Waals surface area (Å²) in [5.74, 6) is -0.779. The molecule has 2 heterocycles. The minimum atomic E-state index is -1.04. The normalized spacial score (nSPS) is 10.8. The lowest BCUT2D eigenvalue weighted by atomic mass is 10.3. The van der Waals surface area contributed by atoms with Gasteiger partial charge in [0.15, 0.2) is 0 Å². The molecule has 0 bridgehead atoms. The van der Waals surface area contributed by atoms with Crippen molar-refractivity contribution in [2.24, 2.45) is 7.05 Å². The number of para-hydroxylation sites is 2. The Labute approximate surface area is 131 Å². The first-order valence-corrected chi connectivity index (χ1v) is 7.01. The molecule has 1 amide bonds. The number of carbonyl (C=O) groups excluding carboxylic acids is 1. The van der Waals surface area contributed by atoms with Crippen molar-refractivity contribution >= 4 is 28.9 Å². The zero-order chi connectivity index (χ0) is 16.4. The molecule has 0 aliphatic heterocycles. The Kier molecular flexibility index (Phi) is 3.80. The zero-order valence-electron chi connectivity index (χ0n) is 12.4. The first-order chi connectivity index (χ1) is 11.0. The van der Waals surface area contributed by atoms with Crippen LogP contribution in [0.3, 0.4) is 0 Å². The molecule has 0 atom stereocenters. The number of nitrogens with one attached hydrogen (secondary N) is 1. The van der Waals surface area contributed by atoms with E-state index in [4.69, 9.17) is 5.11 Å². The van der Waals surface area contributed by atoms with Gasteiger partial charge in [-0.3, -0.25) is 14.8 Å². The third-order valence-electron chi connectivity index (χ3n) is 3.49. The molecule has 0 saturated carbocycles. The minimum Gasteiger partial charge on any atom is -0.478 e. The molecule has 0 saturated heterocycles. The summed E-state index contributed by atoms with van der Waals surface area (Å²) in [6, 6.07) is 7.60. The lowest BCUT2D eigenvalue weighted by molar-refractivity contribution is -0.116. The summed E-state index contributed by atoms with van der Waals surface area (Å²) >= 11 is 0. The number of carbonyl (C=O) groups is 2. The second-order valence-corrected chi connectivity index (χ2v) is 5.08. The van der Waals surface area contributed by atoms with Crippen molar-refractivity contribution in [1.82, 2.24) is 19.3 Å². The first kappa shape index (κ1) is 14.8. The van der Waals surface area contributed by atoms with E-state index in [1.165, 1.54) is 17.1 Å². The Bertz CT molecular complexity index is 880. The first-order valence-electron chi connectivity index (χ1n) is 7.01. The largest absolute Gasteiger partial charge is 0.478 e. The van der Waals surface area contributed by atoms with E-state index in [2.05, 4.69) is 15.4 Å². The van der Waals surface area contributed by atoms with Crippen molar-refractivity contribution in [3.05, 3.63) is 42.2 Å². The Morgan fingerprint density at radius 3 is 2.78 bits per heavy atom. The van der Waals surface area contributed by atoms with Crippen molar-refractivity contribution in [3.63, 3.8) is 0 Å². The van der Waals surface area contributed by atoms with Crippen molar-refractivity contribution in [1.29, 1.82) is 0 Å². The molecule has 0 fully saturated rings. The van der Waals surface area contributed by atoms with Crippen LogP contribution in [0.5, 0.6) is 0 Å². The molecule has 0 aliphatic rings. The van der Waals surface area contributed by atoms with Gasteiger partial charge in [0, 0.05) is 26.2 Å². The molecule has 3 aromatic rings. The number of benzene rings is 1. The number of carboxylic acid groups (broad SMARTS) is 1. The van der Waals surface area contributed by atoms with Crippen LogP contribution in [0.4, 0.5) is 5.95 Å². The van der Waals surface area contributed by atoms with Gasteiger partial charge in [0.05, 0.1) is 22.8 Å². The highest BCUT2D eigenvalue weighted by Gasteiger charge is 2.11. The summed E-state index contributed by atoms with van der Waals surface area (Å²) in [5, 5.41) is 15.5. The van der Waals surface area contributed by atoms with Gasteiger partial charge >= 0.3 is 5.97 Å². The summed E-state index contributed by atoms with van der Waals surface area (Å²) in [6.07, 6.45) is 2.82. The van der Waals surface area contributed by atoms with Crippen LogP contribution in [0.2, 0.25) is 0 Å². The number of fused-ring (bicyclic) bond motifs is 1. The number of hydrogen-bond donors (Lipinski definition) is 2. The van der Waals surface area contributed by atoms with E-state index in [9.17, 15) is 9.59 Å². The number of hydrogen-bond acceptors (Lipinski definition) is 4. The predicted molar refractivity (Wildman–Crippen MR) is 83.1 cm³/mol. The number of amides is 1. The molecule has 2 N–H and O–H groups in total. The average Bonchev–Trinajstić information content (AvgIpc) is 3.12. The number of aromatic nitrogens is 4. The van der Waals surface area contributed by atoms with E-state index in [-0.39, 0.29) is 17.9 Å². The van der Waals surface area contributed by atoms with Gasteiger partial charge in [-0.15, -0.1) is 0 Å². The number of aryl methyl sites for hydroxylation is 2. The quantitative estimate of drug-likeness (QED) is 0.743. The summed E-state index contributed by atoms with van der Waals surface area (Å²) in [5.41, 5.74) is 1.84. The molecule has 8 heteroatoms. The maximum atomic E-state index is 12.0. The average molecular weight is 313 g/mol. The number of imidazole rings is 1. The number of carboxylic acids is 1. The van der Waals surface area contributed by atoms with E-state index >= 15 is 0 Å². The number of nitrogens with zero attached hydrogens (tertiary/aromatic N) is 4. The molecule has 0 spiro atoms. The van der Waals surface area contributed by atoms with Crippen LogP contribution in [0.15, 0.2) is 36.7 Å². The minimum absolute atomic E-state index is 0.0979. The van der Waals surface area contributed by atoms with Crippen LogP contribution < -0.4 is 5.32 Å². The van der Waals surface area contributed by atoms with Crippen molar-refractivity contribution in [2.75, 3.05) is 5.32 Å². The molecular weight excluding hydrogens is 298 g/mol. The Balaban J connectivity index is 1.64. The van der Waals surface area contributed by atoms with Crippen LogP contribution in [-0.4, -0.2) is 36.3 Å². The fraction of sp³-hybridized carbons (Fsp3) is 0.200. The predicted octanol–water partition coefficient (Wildman–Crippen LogP) is 1.50. The smallest absolute Gasteiger partial charge is 0.338 e. The maximum absolute atomic E-state index is 12.0. The number of aromatic carboxylic acids is 1. The van der Waals surface area contributed by atoms with E-state index in [1.807, 2.05) is 35.9 Å². The van der Waals surface area contributed by atoms with Crippen LogP contribution in [-0.2, 0) is 18.4 Å². The summed E-state index contributed by atoms with van der Waals surface area (Å²) in [4.78, 5) is 27.2. The molecule has 1 aromatic carbocycles. The molecule has 3 rings (SSSR count). The fourth-order valence-corrected chi connectivity index (χ4v) is 2.26. The zero-order valence-corrected chi connectivity index (χ0v) is 12.4. The molecule has 118 valence electrons.